The van der Waals surface area contributed by atoms with Crippen LogP contribution in [0.15, 0.2) is 0 Å². The Bertz CT molecular complexity index is 490. The lowest BCUT2D eigenvalue weighted by Gasteiger charge is -2.32. The molecule has 1 N–H and O–H groups in total. The van der Waals surface area contributed by atoms with Crippen molar-refractivity contribution in [1.82, 2.24) is 19.7 Å². The molecule has 8 heteroatoms. The maximum absolute atomic E-state index is 11.3. The predicted octanol–water partition coefficient (Wildman–Crippen LogP) is 1.25. The van der Waals surface area contributed by atoms with E-state index in [9.17, 15) is 10.1 Å². The molecule has 1 aromatic heterocycles. The van der Waals surface area contributed by atoms with Gasteiger partial charge in [0.2, 0.25) is 5.82 Å². The summed E-state index contributed by atoms with van der Waals surface area (Å²) in [6, 6.07) is 0.0670. The van der Waals surface area contributed by atoms with Crippen LogP contribution >= 0.6 is 0 Å². The van der Waals surface area contributed by atoms with Crippen LogP contribution in [0, 0.1) is 17.0 Å². The smallest absolute Gasteiger partial charge is 0.304 e. The van der Waals surface area contributed by atoms with Crippen molar-refractivity contribution in [3.63, 3.8) is 0 Å². The molecular formula is C12H22N6O2. The van der Waals surface area contributed by atoms with E-state index in [1.165, 1.54) is 0 Å². The van der Waals surface area contributed by atoms with Gasteiger partial charge in [0.05, 0.1) is 4.92 Å². The summed E-state index contributed by atoms with van der Waals surface area (Å²) in [5.41, 5.74) is 3.70. The summed E-state index contributed by atoms with van der Waals surface area (Å²) in [7, 11) is 2.07. The van der Waals surface area contributed by atoms with Crippen molar-refractivity contribution in [3.8, 4) is 0 Å². The third kappa shape index (κ3) is 2.91. The molecule has 0 aliphatic carbocycles. The first-order valence-electron chi connectivity index (χ1n) is 6.83. The second-order valence-electron chi connectivity index (χ2n) is 5.48. The van der Waals surface area contributed by atoms with Crippen molar-refractivity contribution in [1.29, 1.82) is 0 Å². The Morgan fingerprint density at radius 2 is 1.90 bits per heavy atom. The van der Waals surface area contributed by atoms with E-state index in [0.717, 1.165) is 26.2 Å². The monoisotopic (exact) mass is 282 g/mol. The lowest BCUT2D eigenvalue weighted by atomic mass is 10.3. The van der Waals surface area contributed by atoms with Crippen LogP contribution in [-0.2, 0) is 0 Å². The van der Waals surface area contributed by atoms with Crippen LogP contribution in [0.1, 0.15) is 25.6 Å². The molecule has 1 saturated heterocycles. The molecule has 0 radical (unpaired) electrons. The van der Waals surface area contributed by atoms with Gasteiger partial charge in [0.15, 0.2) is 0 Å². The average molecular weight is 282 g/mol. The average Bonchev–Trinajstić information content (AvgIpc) is 2.69. The number of likely N-dealkylation sites (N-methyl/N-ethyl adjacent to an activating group) is 1. The molecule has 112 valence electrons. The first-order valence-corrected chi connectivity index (χ1v) is 6.83. The fourth-order valence-electron chi connectivity index (χ4n) is 2.30. The first kappa shape index (κ1) is 14.7. The van der Waals surface area contributed by atoms with Gasteiger partial charge < -0.3 is 4.90 Å². The Hall–Kier alpha value is -1.67. The van der Waals surface area contributed by atoms with Crippen molar-refractivity contribution in [2.24, 2.45) is 0 Å². The largest absolute Gasteiger partial charge is 0.335 e. The fraction of sp³-hybridized carbons (Fsp3) is 0.750. The lowest BCUT2D eigenvalue weighted by molar-refractivity contribution is -0.384. The van der Waals surface area contributed by atoms with Gasteiger partial charge in [-0.05, 0) is 27.8 Å². The molecule has 0 aromatic carbocycles. The zero-order valence-electron chi connectivity index (χ0n) is 12.5. The molecule has 1 fully saturated rings. The summed E-state index contributed by atoms with van der Waals surface area (Å²) in [5.74, 6) is 0.479. The van der Waals surface area contributed by atoms with E-state index in [0.29, 0.717) is 11.5 Å². The van der Waals surface area contributed by atoms with E-state index in [-0.39, 0.29) is 16.7 Å². The van der Waals surface area contributed by atoms with Crippen molar-refractivity contribution in [2.45, 2.75) is 26.8 Å². The van der Waals surface area contributed by atoms with Crippen molar-refractivity contribution >= 4 is 11.5 Å². The number of aromatic nitrogens is 2. The van der Waals surface area contributed by atoms with E-state index in [2.05, 4.69) is 22.5 Å². The Morgan fingerprint density at radius 3 is 2.40 bits per heavy atom. The summed E-state index contributed by atoms with van der Waals surface area (Å²) < 4.78 is 1.69. The third-order valence-corrected chi connectivity index (χ3v) is 3.49. The van der Waals surface area contributed by atoms with Gasteiger partial charge in [0.25, 0.3) is 0 Å². The standard InChI is InChI=1S/C12H22N6O2/c1-9(2)17-12(11(18(19)20)10(3)13-17)14-16-7-5-15(4)6-8-16/h9,14H,5-8H2,1-4H3. The number of hydrazine groups is 1. The van der Waals surface area contributed by atoms with Crippen molar-refractivity contribution in [2.75, 3.05) is 38.7 Å². The summed E-state index contributed by atoms with van der Waals surface area (Å²) in [5, 5.41) is 17.6. The minimum atomic E-state index is -0.361. The van der Waals surface area contributed by atoms with Gasteiger partial charge in [-0.25, -0.2) is 9.69 Å². The van der Waals surface area contributed by atoms with Crippen LogP contribution in [-0.4, -0.2) is 57.8 Å². The number of hydrogen-bond donors (Lipinski definition) is 1. The molecule has 0 saturated carbocycles. The minimum absolute atomic E-state index is 0.0670. The Morgan fingerprint density at radius 1 is 1.30 bits per heavy atom. The SMILES string of the molecule is Cc1nn(C(C)C)c(NN2CCN(C)CC2)c1[N+](=O)[O-]. The zero-order valence-corrected chi connectivity index (χ0v) is 12.5. The normalized spacial score (nSPS) is 17.6. The van der Waals surface area contributed by atoms with E-state index < -0.39 is 0 Å². The van der Waals surface area contributed by atoms with Gasteiger partial charge in [-0.1, -0.05) is 0 Å². The molecule has 0 spiro atoms. The second-order valence-corrected chi connectivity index (χ2v) is 5.48. The molecular weight excluding hydrogens is 260 g/mol. The summed E-state index contributed by atoms with van der Waals surface area (Å²) >= 11 is 0. The predicted molar refractivity (Wildman–Crippen MR) is 76.7 cm³/mol. The Labute approximate surface area is 118 Å². The van der Waals surface area contributed by atoms with Crippen molar-refractivity contribution < 1.29 is 4.92 Å². The zero-order chi connectivity index (χ0) is 14.9. The highest BCUT2D eigenvalue weighted by Gasteiger charge is 2.28. The molecule has 0 unspecified atom stereocenters. The van der Waals surface area contributed by atoms with E-state index in [4.69, 9.17) is 0 Å². The third-order valence-electron chi connectivity index (χ3n) is 3.49. The maximum atomic E-state index is 11.3. The van der Waals surface area contributed by atoms with Crippen LogP contribution in [0.4, 0.5) is 11.5 Å². The van der Waals surface area contributed by atoms with E-state index in [1.54, 1.807) is 11.6 Å². The quantitative estimate of drug-likeness (QED) is 0.661. The van der Waals surface area contributed by atoms with Crippen LogP contribution < -0.4 is 5.43 Å². The van der Waals surface area contributed by atoms with Gasteiger partial charge in [-0.3, -0.25) is 15.5 Å². The van der Waals surface area contributed by atoms with Crippen LogP contribution in [0.2, 0.25) is 0 Å². The van der Waals surface area contributed by atoms with Crippen molar-refractivity contribution in [3.05, 3.63) is 15.8 Å². The number of nitro groups is 1. The first-order chi connectivity index (χ1) is 9.40. The van der Waals surface area contributed by atoms with E-state index in [1.807, 2.05) is 18.9 Å². The highest BCUT2D eigenvalue weighted by Crippen LogP contribution is 2.31. The Kier molecular flexibility index (Phi) is 4.24. The topological polar surface area (TPSA) is 79.5 Å². The maximum Gasteiger partial charge on any atom is 0.335 e. The number of rotatable bonds is 4. The number of hydrogen-bond acceptors (Lipinski definition) is 6. The number of nitrogens with one attached hydrogen (secondary N) is 1. The number of aryl methyl sites for hydroxylation is 1. The molecule has 2 rings (SSSR count). The molecule has 1 aromatic rings. The highest BCUT2D eigenvalue weighted by molar-refractivity contribution is 5.59. The molecule has 1 aliphatic rings. The summed E-state index contributed by atoms with van der Waals surface area (Å²) in [4.78, 5) is 13.1. The van der Waals surface area contributed by atoms with Gasteiger partial charge in [0.1, 0.15) is 5.69 Å². The highest BCUT2D eigenvalue weighted by atomic mass is 16.6. The molecule has 0 bridgehead atoms. The molecule has 0 amide bonds. The molecule has 0 atom stereocenters. The van der Waals surface area contributed by atoms with E-state index >= 15 is 0 Å². The van der Waals surface area contributed by atoms with Crippen LogP contribution in [0.5, 0.6) is 0 Å². The second kappa shape index (κ2) is 5.76. The van der Waals surface area contributed by atoms with Gasteiger partial charge in [-0.2, -0.15) is 5.10 Å². The minimum Gasteiger partial charge on any atom is -0.304 e. The van der Waals surface area contributed by atoms with Crippen LogP contribution in [0.3, 0.4) is 0 Å². The molecule has 8 nitrogen and oxygen atoms in total. The summed E-state index contributed by atoms with van der Waals surface area (Å²) in [6.45, 7) is 9.14. The Balaban J connectivity index is 2.26. The molecule has 2 heterocycles. The lowest BCUT2D eigenvalue weighted by Crippen LogP contribution is -2.47. The number of anilines is 1. The molecule has 20 heavy (non-hydrogen) atoms. The van der Waals surface area contributed by atoms with Gasteiger partial charge in [-0.15, -0.1) is 0 Å². The van der Waals surface area contributed by atoms with Gasteiger partial charge in [0, 0.05) is 32.2 Å². The van der Waals surface area contributed by atoms with Crippen LogP contribution in [0.25, 0.3) is 0 Å². The summed E-state index contributed by atoms with van der Waals surface area (Å²) in [6.07, 6.45) is 0. The van der Waals surface area contributed by atoms with Gasteiger partial charge >= 0.3 is 5.69 Å². The fourth-order valence-corrected chi connectivity index (χ4v) is 2.30. The molecule has 1 aliphatic heterocycles. The number of piperazine rings is 1. The number of nitrogens with zero attached hydrogens (tertiary/aromatic N) is 5.